The summed E-state index contributed by atoms with van der Waals surface area (Å²) in [6.45, 7) is 4.81. The van der Waals surface area contributed by atoms with E-state index in [1.807, 2.05) is 18.3 Å². The Kier molecular flexibility index (Phi) is 3.71. The maximum atomic E-state index is 5.83. The molecular weight excluding hydrogens is 232 g/mol. The van der Waals surface area contributed by atoms with E-state index in [4.69, 9.17) is 5.73 Å². The van der Waals surface area contributed by atoms with Crippen molar-refractivity contribution in [1.29, 1.82) is 0 Å². The first kappa shape index (κ1) is 12.0. The van der Waals surface area contributed by atoms with E-state index in [9.17, 15) is 0 Å². The number of pyridine rings is 1. The van der Waals surface area contributed by atoms with Crippen LogP contribution >= 0.6 is 11.3 Å². The quantitative estimate of drug-likeness (QED) is 0.871. The average Bonchev–Trinajstić information content (AvgIpc) is 2.74. The highest BCUT2D eigenvalue weighted by Gasteiger charge is 2.09. The number of aromatic nitrogens is 2. The molecule has 4 nitrogen and oxygen atoms in total. The first-order valence-electron chi connectivity index (χ1n) is 5.52. The van der Waals surface area contributed by atoms with Gasteiger partial charge >= 0.3 is 0 Å². The predicted molar refractivity (Wildman–Crippen MR) is 70.8 cm³/mol. The van der Waals surface area contributed by atoms with E-state index in [2.05, 4.69) is 29.1 Å². The molecule has 0 fully saturated rings. The number of anilines is 1. The van der Waals surface area contributed by atoms with Gasteiger partial charge in [-0.3, -0.25) is 4.98 Å². The Hall–Kier alpha value is -1.46. The van der Waals surface area contributed by atoms with Crippen LogP contribution in [0.2, 0.25) is 0 Å². The fraction of sp³-hybridized carbons (Fsp3) is 0.333. The number of thiazole rings is 1. The number of nitrogens with two attached hydrogens (primary N) is 1. The molecule has 2 rings (SSSR count). The van der Waals surface area contributed by atoms with Crippen molar-refractivity contribution in [1.82, 2.24) is 15.3 Å². The molecule has 90 valence electrons. The topological polar surface area (TPSA) is 63.8 Å². The van der Waals surface area contributed by atoms with Gasteiger partial charge in [-0.2, -0.15) is 0 Å². The van der Waals surface area contributed by atoms with Gasteiger partial charge in [0, 0.05) is 23.8 Å². The van der Waals surface area contributed by atoms with E-state index in [1.54, 1.807) is 17.5 Å². The molecule has 0 spiro atoms. The van der Waals surface area contributed by atoms with Crippen LogP contribution in [0.5, 0.6) is 0 Å². The van der Waals surface area contributed by atoms with Crippen molar-refractivity contribution < 1.29 is 0 Å². The Morgan fingerprint density at radius 2 is 2.29 bits per heavy atom. The molecule has 3 N–H and O–H groups in total. The van der Waals surface area contributed by atoms with E-state index >= 15 is 0 Å². The molecular formula is C12H16N4S. The van der Waals surface area contributed by atoms with Gasteiger partial charge in [0.15, 0.2) is 0 Å². The second-order valence-corrected chi connectivity index (χ2v) is 5.22. The molecule has 0 amide bonds. The number of nitrogen functional groups attached to an aromatic ring is 1. The summed E-state index contributed by atoms with van der Waals surface area (Å²) < 4.78 is 0. The van der Waals surface area contributed by atoms with Crippen LogP contribution in [-0.2, 0) is 6.54 Å². The molecule has 2 aromatic rings. The molecule has 0 aromatic carbocycles. The molecule has 17 heavy (non-hydrogen) atoms. The molecule has 1 unspecified atom stereocenters. The van der Waals surface area contributed by atoms with Crippen LogP contribution < -0.4 is 11.1 Å². The summed E-state index contributed by atoms with van der Waals surface area (Å²) in [5, 5.41) is 4.47. The number of nitrogens with zero attached hydrogens (tertiary/aromatic N) is 2. The number of nitrogens with one attached hydrogen (secondary N) is 1. The molecule has 0 saturated heterocycles. The third-order valence-corrected chi connectivity index (χ3v) is 3.61. The van der Waals surface area contributed by atoms with Gasteiger partial charge in [0.2, 0.25) is 0 Å². The van der Waals surface area contributed by atoms with Gasteiger partial charge in [0.25, 0.3) is 0 Å². The number of hydrogen-bond donors (Lipinski definition) is 2. The van der Waals surface area contributed by atoms with Crippen LogP contribution in [-0.4, -0.2) is 9.97 Å². The second kappa shape index (κ2) is 5.25. The summed E-state index contributed by atoms with van der Waals surface area (Å²) in [4.78, 5) is 9.83. The number of aryl methyl sites for hydroxylation is 1. The minimum atomic E-state index is 0.218. The Morgan fingerprint density at radius 1 is 1.47 bits per heavy atom. The first-order chi connectivity index (χ1) is 8.16. The minimum Gasteiger partial charge on any atom is -0.397 e. The SMILES string of the molecule is Cc1cnc(C(C)NCc2ncccc2N)s1. The second-order valence-electron chi connectivity index (χ2n) is 3.95. The van der Waals surface area contributed by atoms with Crippen LogP contribution in [0.3, 0.4) is 0 Å². The smallest absolute Gasteiger partial charge is 0.109 e. The highest BCUT2D eigenvalue weighted by atomic mass is 32.1. The highest BCUT2D eigenvalue weighted by Crippen LogP contribution is 2.19. The summed E-state index contributed by atoms with van der Waals surface area (Å²) in [7, 11) is 0. The molecule has 2 aromatic heterocycles. The van der Waals surface area contributed by atoms with Gasteiger partial charge in [-0.1, -0.05) is 0 Å². The lowest BCUT2D eigenvalue weighted by Gasteiger charge is -2.11. The van der Waals surface area contributed by atoms with Gasteiger partial charge in [-0.15, -0.1) is 11.3 Å². The summed E-state index contributed by atoms with van der Waals surface area (Å²) in [5.74, 6) is 0. The van der Waals surface area contributed by atoms with Gasteiger partial charge in [0.05, 0.1) is 17.4 Å². The van der Waals surface area contributed by atoms with Crippen LogP contribution in [0.15, 0.2) is 24.5 Å². The lowest BCUT2D eigenvalue weighted by Crippen LogP contribution is -2.19. The van der Waals surface area contributed by atoms with Gasteiger partial charge in [-0.25, -0.2) is 4.98 Å². The molecule has 0 radical (unpaired) electrons. The molecule has 5 heteroatoms. The van der Waals surface area contributed by atoms with E-state index in [-0.39, 0.29) is 6.04 Å². The standard InChI is InChI=1S/C12H16N4S/c1-8-6-16-12(17-8)9(2)15-7-11-10(13)4-3-5-14-11/h3-6,9,15H,7,13H2,1-2H3. The lowest BCUT2D eigenvalue weighted by molar-refractivity contribution is 0.566. The van der Waals surface area contributed by atoms with Crippen molar-refractivity contribution in [3.8, 4) is 0 Å². The van der Waals surface area contributed by atoms with Crippen molar-refractivity contribution in [2.45, 2.75) is 26.4 Å². The average molecular weight is 248 g/mol. The van der Waals surface area contributed by atoms with E-state index in [0.29, 0.717) is 6.54 Å². The van der Waals surface area contributed by atoms with Crippen LogP contribution in [0.25, 0.3) is 0 Å². The monoisotopic (exact) mass is 248 g/mol. The predicted octanol–water partition coefficient (Wildman–Crippen LogP) is 2.28. The number of hydrogen-bond acceptors (Lipinski definition) is 5. The third kappa shape index (κ3) is 3.01. The zero-order valence-corrected chi connectivity index (χ0v) is 10.8. The maximum absolute atomic E-state index is 5.83. The summed E-state index contributed by atoms with van der Waals surface area (Å²) in [6.07, 6.45) is 3.65. The van der Waals surface area contributed by atoms with Crippen molar-refractivity contribution in [2.75, 3.05) is 5.73 Å². The molecule has 0 bridgehead atoms. The Bertz CT molecular complexity index is 495. The van der Waals surface area contributed by atoms with Crippen LogP contribution in [0.4, 0.5) is 5.69 Å². The zero-order chi connectivity index (χ0) is 12.3. The van der Waals surface area contributed by atoms with Crippen molar-refractivity contribution in [2.24, 2.45) is 0 Å². The van der Waals surface area contributed by atoms with E-state index in [1.165, 1.54) is 4.88 Å². The molecule has 1 atom stereocenters. The zero-order valence-electron chi connectivity index (χ0n) is 9.97. The first-order valence-corrected chi connectivity index (χ1v) is 6.33. The van der Waals surface area contributed by atoms with Crippen molar-refractivity contribution in [3.05, 3.63) is 40.1 Å². The van der Waals surface area contributed by atoms with E-state index < -0.39 is 0 Å². The highest BCUT2D eigenvalue weighted by molar-refractivity contribution is 7.11. The minimum absolute atomic E-state index is 0.218. The van der Waals surface area contributed by atoms with Crippen LogP contribution in [0.1, 0.15) is 28.5 Å². The summed E-state index contributed by atoms with van der Waals surface area (Å²) in [6, 6.07) is 3.92. The molecule has 0 aliphatic heterocycles. The third-order valence-electron chi connectivity index (χ3n) is 2.51. The molecule has 0 aliphatic carbocycles. The number of rotatable bonds is 4. The molecule has 0 aliphatic rings. The summed E-state index contributed by atoms with van der Waals surface area (Å²) >= 11 is 1.71. The van der Waals surface area contributed by atoms with Crippen molar-refractivity contribution >= 4 is 17.0 Å². The maximum Gasteiger partial charge on any atom is 0.109 e. The largest absolute Gasteiger partial charge is 0.397 e. The Balaban J connectivity index is 1.97. The van der Waals surface area contributed by atoms with Gasteiger partial charge in [-0.05, 0) is 26.0 Å². The van der Waals surface area contributed by atoms with Gasteiger partial charge in [0.1, 0.15) is 5.01 Å². The van der Waals surface area contributed by atoms with Crippen molar-refractivity contribution in [3.63, 3.8) is 0 Å². The van der Waals surface area contributed by atoms with E-state index in [0.717, 1.165) is 16.4 Å². The Morgan fingerprint density at radius 3 is 2.94 bits per heavy atom. The summed E-state index contributed by atoms with van der Waals surface area (Å²) in [5.41, 5.74) is 7.44. The molecule has 0 saturated carbocycles. The molecule has 2 heterocycles. The normalized spacial score (nSPS) is 12.6. The lowest BCUT2D eigenvalue weighted by atomic mass is 10.2. The Labute approximate surface area is 105 Å². The fourth-order valence-corrected chi connectivity index (χ4v) is 2.31. The fourth-order valence-electron chi connectivity index (χ4n) is 1.51. The van der Waals surface area contributed by atoms with Gasteiger partial charge < -0.3 is 11.1 Å². The van der Waals surface area contributed by atoms with Crippen LogP contribution in [0, 0.1) is 6.92 Å².